The molecule has 1 aliphatic rings. The zero-order valence-corrected chi connectivity index (χ0v) is 17.5. The van der Waals surface area contributed by atoms with E-state index in [1.165, 1.54) is 6.42 Å². The molecule has 0 radical (unpaired) electrons. The monoisotopic (exact) mass is 412 g/mol. The fraction of sp³-hybridized carbons (Fsp3) is 0.429. The molecule has 0 fully saturated rings. The lowest BCUT2D eigenvalue weighted by atomic mass is 10.1. The third-order valence-electron chi connectivity index (χ3n) is 5.26. The van der Waals surface area contributed by atoms with Gasteiger partial charge in [0, 0.05) is 18.0 Å². The highest BCUT2D eigenvalue weighted by Gasteiger charge is 2.22. The van der Waals surface area contributed by atoms with Gasteiger partial charge in [-0.3, -0.25) is 4.79 Å². The van der Waals surface area contributed by atoms with Crippen molar-refractivity contribution < 1.29 is 4.79 Å². The number of nitrogens with zero attached hydrogens (tertiary/aromatic N) is 5. The lowest BCUT2D eigenvalue weighted by molar-refractivity contribution is 0.0948. The summed E-state index contributed by atoms with van der Waals surface area (Å²) in [7, 11) is 0. The van der Waals surface area contributed by atoms with Gasteiger partial charge >= 0.3 is 0 Å². The standard InChI is InChI=1S/C21H25ClN6O/c1-14(2)20-17(12-24-28(20)16-9-7-15(22)8-10-16)21(29)23-13-19-26-25-18-6-4-3-5-11-27(18)19/h7-10,12,14H,3-6,11,13H2,1-2H3,(H,23,29). The van der Waals surface area contributed by atoms with Gasteiger partial charge in [-0.2, -0.15) is 5.10 Å². The van der Waals surface area contributed by atoms with E-state index in [-0.39, 0.29) is 11.8 Å². The molecule has 0 unspecified atom stereocenters. The summed E-state index contributed by atoms with van der Waals surface area (Å²) in [5, 5.41) is 16.7. The summed E-state index contributed by atoms with van der Waals surface area (Å²) in [4.78, 5) is 13.0. The Bertz CT molecular complexity index is 1000. The molecule has 0 saturated heterocycles. The summed E-state index contributed by atoms with van der Waals surface area (Å²) in [6, 6.07) is 7.43. The van der Waals surface area contributed by atoms with E-state index in [9.17, 15) is 4.79 Å². The Kier molecular flexibility index (Phi) is 5.67. The van der Waals surface area contributed by atoms with Crippen LogP contribution >= 0.6 is 11.6 Å². The third-order valence-corrected chi connectivity index (χ3v) is 5.51. The molecule has 152 valence electrons. The van der Waals surface area contributed by atoms with Gasteiger partial charge in [0.1, 0.15) is 5.82 Å². The van der Waals surface area contributed by atoms with Gasteiger partial charge in [0.15, 0.2) is 5.82 Å². The number of aromatic nitrogens is 5. The van der Waals surface area contributed by atoms with Crippen molar-refractivity contribution in [2.75, 3.05) is 0 Å². The largest absolute Gasteiger partial charge is 0.345 e. The molecule has 0 bridgehead atoms. The van der Waals surface area contributed by atoms with Crippen LogP contribution in [0.1, 0.15) is 66.7 Å². The number of hydrogen-bond donors (Lipinski definition) is 1. The van der Waals surface area contributed by atoms with Crippen LogP contribution < -0.4 is 5.32 Å². The van der Waals surface area contributed by atoms with Gasteiger partial charge < -0.3 is 9.88 Å². The maximum Gasteiger partial charge on any atom is 0.255 e. The molecule has 0 aliphatic carbocycles. The number of rotatable bonds is 5. The fourth-order valence-corrected chi connectivity index (χ4v) is 3.93. The van der Waals surface area contributed by atoms with E-state index >= 15 is 0 Å². The van der Waals surface area contributed by atoms with Crippen LogP contribution in [-0.2, 0) is 19.5 Å². The second-order valence-electron chi connectivity index (χ2n) is 7.66. The van der Waals surface area contributed by atoms with Gasteiger partial charge in [-0.15, -0.1) is 10.2 Å². The van der Waals surface area contributed by atoms with Crippen molar-refractivity contribution in [1.82, 2.24) is 29.9 Å². The van der Waals surface area contributed by atoms with Crippen LogP contribution in [0.25, 0.3) is 5.69 Å². The Balaban J connectivity index is 1.55. The summed E-state index contributed by atoms with van der Waals surface area (Å²) in [6.45, 7) is 5.38. The maximum atomic E-state index is 13.0. The minimum Gasteiger partial charge on any atom is -0.345 e. The van der Waals surface area contributed by atoms with E-state index in [4.69, 9.17) is 11.6 Å². The Morgan fingerprint density at radius 3 is 2.72 bits per heavy atom. The molecular weight excluding hydrogens is 388 g/mol. The van der Waals surface area contributed by atoms with E-state index in [2.05, 4.69) is 39.0 Å². The van der Waals surface area contributed by atoms with Crippen molar-refractivity contribution in [3.63, 3.8) is 0 Å². The molecule has 29 heavy (non-hydrogen) atoms. The van der Waals surface area contributed by atoms with E-state index in [0.29, 0.717) is 17.1 Å². The first-order valence-corrected chi connectivity index (χ1v) is 10.5. The first kappa shape index (κ1) is 19.6. The van der Waals surface area contributed by atoms with Crippen molar-refractivity contribution in [3.8, 4) is 5.69 Å². The lowest BCUT2D eigenvalue weighted by Gasteiger charge is -2.13. The molecule has 0 atom stereocenters. The Labute approximate surface area is 175 Å². The lowest BCUT2D eigenvalue weighted by Crippen LogP contribution is -2.26. The Hall–Kier alpha value is -2.67. The number of carbonyl (C=O) groups is 1. The van der Waals surface area contributed by atoms with Crippen molar-refractivity contribution in [3.05, 3.63) is 58.4 Å². The normalized spacial score (nSPS) is 13.9. The van der Waals surface area contributed by atoms with Crippen molar-refractivity contribution in [2.45, 2.75) is 58.5 Å². The maximum absolute atomic E-state index is 13.0. The third kappa shape index (κ3) is 4.05. The molecule has 2 aromatic heterocycles. The molecule has 1 amide bonds. The smallest absolute Gasteiger partial charge is 0.255 e. The van der Waals surface area contributed by atoms with Crippen molar-refractivity contribution >= 4 is 17.5 Å². The molecule has 8 heteroatoms. The molecule has 1 aliphatic heterocycles. The number of carbonyl (C=O) groups excluding carboxylic acids is 1. The van der Waals surface area contributed by atoms with Gasteiger partial charge in [-0.05, 0) is 43.0 Å². The van der Waals surface area contributed by atoms with Gasteiger partial charge in [0.2, 0.25) is 0 Å². The van der Waals surface area contributed by atoms with Crippen LogP contribution in [0.5, 0.6) is 0 Å². The number of benzene rings is 1. The highest BCUT2D eigenvalue weighted by Crippen LogP contribution is 2.24. The Morgan fingerprint density at radius 1 is 1.17 bits per heavy atom. The van der Waals surface area contributed by atoms with Gasteiger partial charge in [0.25, 0.3) is 5.91 Å². The predicted octanol–water partition coefficient (Wildman–Crippen LogP) is 3.90. The first-order chi connectivity index (χ1) is 14.0. The quantitative estimate of drug-likeness (QED) is 0.689. The molecule has 4 rings (SSSR count). The minimum atomic E-state index is -0.153. The summed E-state index contributed by atoms with van der Waals surface area (Å²) in [6.07, 6.45) is 6.05. The van der Waals surface area contributed by atoms with Crippen LogP contribution in [-0.4, -0.2) is 30.5 Å². The molecule has 0 spiro atoms. The van der Waals surface area contributed by atoms with Crippen LogP contribution in [0.3, 0.4) is 0 Å². The Morgan fingerprint density at radius 2 is 1.97 bits per heavy atom. The van der Waals surface area contributed by atoms with Crippen LogP contribution in [0.15, 0.2) is 30.5 Å². The molecule has 1 aromatic carbocycles. The second-order valence-corrected chi connectivity index (χ2v) is 8.10. The van der Waals surface area contributed by atoms with Crippen LogP contribution in [0, 0.1) is 0 Å². The van der Waals surface area contributed by atoms with E-state index in [0.717, 1.165) is 48.8 Å². The van der Waals surface area contributed by atoms with Gasteiger partial charge in [-0.1, -0.05) is 31.9 Å². The highest BCUT2D eigenvalue weighted by molar-refractivity contribution is 6.30. The summed E-state index contributed by atoms with van der Waals surface area (Å²) < 4.78 is 3.95. The van der Waals surface area contributed by atoms with Gasteiger partial charge in [0.05, 0.1) is 29.7 Å². The first-order valence-electron chi connectivity index (χ1n) is 10.1. The van der Waals surface area contributed by atoms with Gasteiger partial charge in [-0.25, -0.2) is 4.68 Å². The molecule has 7 nitrogen and oxygen atoms in total. The average molecular weight is 413 g/mol. The van der Waals surface area contributed by atoms with Crippen molar-refractivity contribution in [1.29, 1.82) is 0 Å². The minimum absolute atomic E-state index is 0.123. The van der Waals surface area contributed by atoms with Crippen molar-refractivity contribution in [2.24, 2.45) is 0 Å². The summed E-state index contributed by atoms with van der Waals surface area (Å²) in [5.41, 5.74) is 2.32. The van der Waals surface area contributed by atoms with E-state index < -0.39 is 0 Å². The van der Waals surface area contributed by atoms with E-state index in [1.807, 2.05) is 24.3 Å². The van der Waals surface area contributed by atoms with Crippen LogP contribution in [0.4, 0.5) is 0 Å². The number of hydrogen-bond acceptors (Lipinski definition) is 4. The molecular formula is C21H25ClN6O. The number of aryl methyl sites for hydroxylation is 1. The molecule has 1 N–H and O–H groups in total. The zero-order chi connectivity index (χ0) is 20.4. The predicted molar refractivity (Wildman–Crippen MR) is 111 cm³/mol. The molecule has 0 saturated carbocycles. The number of halogens is 1. The summed E-state index contributed by atoms with van der Waals surface area (Å²) >= 11 is 6.00. The van der Waals surface area contributed by atoms with E-state index in [1.54, 1.807) is 10.9 Å². The number of fused-ring (bicyclic) bond motifs is 1. The zero-order valence-electron chi connectivity index (χ0n) is 16.7. The highest BCUT2D eigenvalue weighted by atomic mass is 35.5. The average Bonchev–Trinajstić information content (AvgIpc) is 3.24. The SMILES string of the molecule is CC(C)c1c(C(=O)NCc2nnc3n2CCCCC3)cnn1-c1ccc(Cl)cc1. The second kappa shape index (κ2) is 8.37. The topological polar surface area (TPSA) is 77.6 Å². The number of amides is 1. The summed E-state index contributed by atoms with van der Waals surface area (Å²) in [5.74, 6) is 1.80. The van der Waals surface area contributed by atoms with Crippen LogP contribution in [0.2, 0.25) is 5.02 Å². The molecule has 3 aromatic rings. The number of nitrogens with one attached hydrogen (secondary N) is 1. The molecule has 3 heterocycles. The fourth-order valence-electron chi connectivity index (χ4n) is 3.81.